The second-order valence-electron chi connectivity index (χ2n) is 6.87. The van der Waals surface area contributed by atoms with Crippen LogP contribution in [0.3, 0.4) is 0 Å². The largest absolute Gasteiger partial charge is 0.396 e. The Morgan fingerprint density at radius 1 is 1.29 bits per heavy atom. The number of halogens is 1. The maximum absolute atomic E-state index is 13.1. The van der Waals surface area contributed by atoms with Gasteiger partial charge in [0.15, 0.2) is 0 Å². The fraction of sp³-hybridized carbons (Fsp3) is 0.421. The highest BCUT2D eigenvalue weighted by molar-refractivity contribution is 6.36. The van der Waals surface area contributed by atoms with E-state index < -0.39 is 0 Å². The smallest absolute Gasteiger partial charge is 0.254 e. The zero-order valence-electron chi connectivity index (χ0n) is 13.4. The van der Waals surface area contributed by atoms with Crippen molar-refractivity contribution < 1.29 is 14.6 Å². The van der Waals surface area contributed by atoms with Gasteiger partial charge in [-0.3, -0.25) is 4.79 Å². The van der Waals surface area contributed by atoms with Crippen molar-refractivity contribution in [3.05, 3.63) is 47.0 Å². The number of aliphatic hydroxyl groups excluding tert-OH is 1. The third-order valence-electron chi connectivity index (χ3n) is 5.58. The van der Waals surface area contributed by atoms with Gasteiger partial charge in [0.2, 0.25) is 0 Å². The molecule has 2 aliphatic heterocycles. The minimum atomic E-state index is -0.212. The molecule has 0 radical (unpaired) electrons. The molecule has 126 valence electrons. The molecular formula is C19H20ClNO3. The van der Waals surface area contributed by atoms with Crippen molar-refractivity contribution in [1.29, 1.82) is 0 Å². The second kappa shape index (κ2) is 6.03. The van der Waals surface area contributed by atoms with E-state index in [0.29, 0.717) is 36.9 Å². The number of amides is 1. The van der Waals surface area contributed by atoms with Gasteiger partial charge in [-0.2, -0.15) is 0 Å². The summed E-state index contributed by atoms with van der Waals surface area (Å²) in [6.07, 6.45) is 0.805. The number of rotatable bonds is 2. The molecule has 2 atom stereocenters. The van der Waals surface area contributed by atoms with Crippen LogP contribution in [0.5, 0.6) is 0 Å². The van der Waals surface area contributed by atoms with Crippen LogP contribution >= 0.6 is 11.6 Å². The number of carbonyl (C=O) groups excluding carboxylic acids is 1. The first kappa shape index (κ1) is 15.9. The second-order valence-corrected chi connectivity index (χ2v) is 7.28. The molecule has 2 saturated heterocycles. The van der Waals surface area contributed by atoms with E-state index in [4.69, 9.17) is 16.3 Å². The molecule has 0 aliphatic carbocycles. The molecule has 0 saturated carbocycles. The molecule has 0 bridgehead atoms. The number of nitrogens with zero attached hydrogens (tertiary/aromatic N) is 1. The average molecular weight is 346 g/mol. The maximum atomic E-state index is 13.1. The quantitative estimate of drug-likeness (QED) is 0.910. The van der Waals surface area contributed by atoms with Gasteiger partial charge < -0.3 is 14.7 Å². The third kappa shape index (κ3) is 2.41. The molecule has 4 nitrogen and oxygen atoms in total. The van der Waals surface area contributed by atoms with Crippen molar-refractivity contribution in [3.8, 4) is 0 Å². The van der Waals surface area contributed by atoms with Crippen LogP contribution in [0.2, 0.25) is 5.02 Å². The van der Waals surface area contributed by atoms with Crippen molar-refractivity contribution in [2.75, 3.05) is 32.9 Å². The summed E-state index contributed by atoms with van der Waals surface area (Å²) in [5.74, 6) is 0.212. The van der Waals surface area contributed by atoms with Crippen LogP contribution in [0.1, 0.15) is 16.8 Å². The Morgan fingerprint density at radius 3 is 2.88 bits per heavy atom. The van der Waals surface area contributed by atoms with Gasteiger partial charge in [-0.1, -0.05) is 35.9 Å². The summed E-state index contributed by atoms with van der Waals surface area (Å²) in [5, 5.41) is 12.3. The van der Waals surface area contributed by atoms with Crippen molar-refractivity contribution in [1.82, 2.24) is 4.90 Å². The number of ether oxygens (including phenoxy) is 1. The molecule has 2 aliphatic rings. The molecule has 0 unspecified atom stereocenters. The first-order valence-corrected chi connectivity index (χ1v) is 8.67. The van der Waals surface area contributed by atoms with Gasteiger partial charge in [-0.25, -0.2) is 0 Å². The van der Waals surface area contributed by atoms with Crippen molar-refractivity contribution in [2.45, 2.75) is 6.42 Å². The Balaban J connectivity index is 1.69. The molecule has 2 heterocycles. The molecule has 0 aromatic heterocycles. The first-order chi connectivity index (χ1) is 11.6. The molecule has 24 heavy (non-hydrogen) atoms. The highest BCUT2D eigenvalue weighted by atomic mass is 35.5. The van der Waals surface area contributed by atoms with Gasteiger partial charge in [0, 0.05) is 47.0 Å². The molecule has 2 aromatic carbocycles. The summed E-state index contributed by atoms with van der Waals surface area (Å²) in [7, 11) is 0. The lowest BCUT2D eigenvalue weighted by molar-refractivity contribution is -0.0415. The Bertz CT molecular complexity index is 793. The topological polar surface area (TPSA) is 49.8 Å². The highest BCUT2D eigenvalue weighted by Crippen LogP contribution is 2.42. The lowest BCUT2D eigenvalue weighted by Gasteiger charge is -2.36. The van der Waals surface area contributed by atoms with Crippen molar-refractivity contribution in [2.24, 2.45) is 11.3 Å². The van der Waals surface area contributed by atoms with Crippen LogP contribution < -0.4 is 0 Å². The molecule has 0 spiro atoms. The molecule has 2 fully saturated rings. The molecule has 2 aromatic rings. The van der Waals surface area contributed by atoms with Gasteiger partial charge in [-0.05, 0) is 23.9 Å². The standard InChI is InChI=1S/C19H20ClNO3/c20-17-6-2-3-14-15(17)4-1-5-16(14)18(23)21-9-13-10-24-8-7-19(13,11-21)12-22/h1-6,13,22H,7-12H2/t13-,19-/m1/s1. The third-order valence-corrected chi connectivity index (χ3v) is 5.91. The monoisotopic (exact) mass is 345 g/mol. The Kier molecular flexibility index (Phi) is 3.99. The highest BCUT2D eigenvalue weighted by Gasteiger charge is 2.49. The van der Waals surface area contributed by atoms with E-state index >= 15 is 0 Å². The van der Waals surface area contributed by atoms with E-state index in [1.54, 1.807) is 0 Å². The number of hydrogen-bond donors (Lipinski definition) is 1. The summed E-state index contributed by atoms with van der Waals surface area (Å²) in [6.45, 7) is 2.60. The van der Waals surface area contributed by atoms with E-state index in [2.05, 4.69) is 0 Å². The average Bonchev–Trinajstić information content (AvgIpc) is 3.01. The van der Waals surface area contributed by atoms with Gasteiger partial charge in [0.1, 0.15) is 0 Å². The van der Waals surface area contributed by atoms with Gasteiger partial charge >= 0.3 is 0 Å². The fourth-order valence-corrected chi connectivity index (χ4v) is 4.33. The van der Waals surface area contributed by atoms with Gasteiger partial charge in [0.05, 0.1) is 13.2 Å². The van der Waals surface area contributed by atoms with Gasteiger partial charge in [-0.15, -0.1) is 0 Å². The maximum Gasteiger partial charge on any atom is 0.254 e. The van der Waals surface area contributed by atoms with Crippen LogP contribution in [0, 0.1) is 11.3 Å². The number of aliphatic hydroxyl groups is 1. The van der Waals surface area contributed by atoms with E-state index in [1.165, 1.54) is 0 Å². The molecule has 5 heteroatoms. The SMILES string of the molecule is O=C(c1cccc2c(Cl)cccc12)N1C[C@@H]2COCC[C@]2(CO)C1. The minimum absolute atomic E-state index is 0.00471. The summed E-state index contributed by atoms with van der Waals surface area (Å²) in [5.41, 5.74) is 0.457. The van der Waals surface area contributed by atoms with Crippen molar-refractivity contribution >= 4 is 28.3 Å². The minimum Gasteiger partial charge on any atom is -0.396 e. The zero-order chi connectivity index (χ0) is 16.7. The Morgan fingerprint density at radius 2 is 2.08 bits per heavy atom. The molecule has 4 rings (SSSR count). The van der Waals surface area contributed by atoms with E-state index in [0.717, 1.165) is 17.2 Å². The molecular weight excluding hydrogens is 326 g/mol. The Labute approximate surface area is 146 Å². The number of likely N-dealkylation sites (tertiary alicyclic amines) is 1. The first-order valence-electron chi connectivity index (χ1n) is 8.30. The van der Waals surface area contributed by atoms with Crippen molar-refractivity contribution in [3.63, 3.8) is 0 Å². The molecule has 1 amide bonds. The lowest BCUT2D eigenvalue weighted by Crippen LogP contribution is -2.41. The molecule has 1 N–H and O–H groups in total. The van der Waals surface area contributed by atoms with Gasteiger partial charge in [0.25, 0.3) is 5.91 Å². The fourth-order valence-electron chi connectivity index (χ4n) is 4.09. The normalized spacial score (nSPS) is 26.6. The van der Waals surface area contributed by atoms with E-state index in [-0.39, 0.29) is 23.8 Å². The number of benzene rings is 2. The summed E-state index contributed by atoms with van der Waals surface area (Å²) in [6, 6.07) is 11.3. The van der Waals surface area contributed by atoms with E-state index in [1.807, 2.05) is 41.3 Å². The van der Waals surface area contributed by atoms with Crippen LogP contribution in [0.25, 0.3) is 10.8 Å². The van der Waals surface area contributed by atoms with E-state index in [9.17, 15) is 9.90 Å². The summed E-state index contributed by atoms with van der Waals surface area (Å²) in [4.78, 5) is 15.0. The predicted octanol–water partition coefficient (Wildman–Crippen LogP) is 2.96. The number of carbonyl (C=O) groups is 1. The summed E-state index contributed by atoms with van der Waals surface area (Å²) < 4.78 is 5.56. The zero-order valence-corrected chi connectivity index (χ0v) is 14.1. The van der Waals surface area contributed by atoms with Crippen LogP contribution in [0.4, 0.5) is 0 Å². The van der Waals surface area contributed by atoms with Crippen LogP contribution in [-0.4, -0.2) is 48.8 Å². The van der Waals surface area contributed by atoms with Crippen LogP contribution in [-0.2, 0) is 4.74 Å². The predicted molar refractivity (Wildman–Crippen MR) is 93.3 cm³/mol. The van der Waals surface area contributed by atoms with Crippen LogP contribution in [0.15, 0.2) is 36.4 Å². The number of hydrogen-bond acceptors (Lipinski definition) is 3. The summed E-state index contributed by atoms with van der Waals surface area (Å²) >= 11 is 6.26. The number of fused-ring (bicyclic) bond motifs is 2. The Hall–Kier alpha value is -1.62. The lowest BCUT2D eigenvalue weighted by atomic mass is 9.75.